The minimum absolute atomic E-state index is 0.00894. The third-order valence-corrected chi connectivity index (χ3v) is 7.42. The second kappa shape index (κ2) is 12.4. The topological polar surface area (TPSA) is 86.3 Å². The Balaban J connectivity index is 1.39. The molecule has 0 unspecified atom stereocenters. The number of amides is 1. The number of hydrogen-bond acceptors (Lipinski definition) is 7. The van der Waals surface area contributed by atoms with E-state index >= 15 is 0 Å². The number of carbonyl (C=O) groups excluding carboxylic acids is 2. The molecule has 2 fully saturated rings. The number of carbonyl (C=O) groups is 2. The molecule has 0 aromatic heterocycles. The normalized spacial score (nSPS) is 15.7. The van der Waals surface area contributed by atoms with Crippen LogP contribution in [0.4, 0.5) is 10.5 Å². The number of morpholine rings is 1. The Bertz CT molecular complexity index is 1430. The van der Waals surface area contributed by atoms with Crippen molar-refractivity contribution in [2.45, 2.75) is 64.4 Å². The predicted molar refractivity (Wildman–Crippen MR) is 162 cm³/mol. The van der Waals surface area contributed by atoms with Crippen LogP contribution in [0.5, 0.6) is 5.75 Å². The molecule has 0 atom stereocenters. The lowest BCUT2D eigenvalue weighted by atomic mass is 9.99. The van der Waals surface area contributed by atoms with Crippen LogP contribution in [0.3, 0.4) is 0 Å². The number of anilines is 1. The molecule has 1 saturated carbocycles. The molecule has 1 heterocycles. The van der Waals surface area contributed by atoms with E-state index in [4.69, 9.17) is 18.9 Å². The Morgan fingerprint density at radius 1 is 0.976 bits per heavy atom. The monoisotopic (exact) mass is 572 g/mol. The molecule has 0 radical (unpaired) electrons. The lowest BCUT2D eigenvalue weighted by molar-refractivity contribution is -0.139. The van der Waals surface area contributed by atoms with Gasteiger partial charge in [-0.3, -0.25) is 4.79 Å². The smallest absolute Gasteiger partial charge is 0.407 e. The summed E-state index contributed by atoms with van der Waals surface area (Å²) in [4.78, 5) is 26.6. The van der Waals surface area contributed by atoms with Gasteiger partial charge in [0.2, 0.25) is 0 Å². The lowest BCUT2D eigenvalue weighted by Crippen LogP contribution is -2.44. The van der Waals surface area contributed by atoms with E-state index in [9.17, 15) is 9.59 Å². The number of esters is 1. The number of nitrogens with zero attached hydrogens (tertiary/aromatic N) is 1. The van der Waals surface area contributed by atoms with Crippen molar-refractivity contribution in [2.24, 2.45) is 0 Å². The van der Waals surface area contributed by atoms with Crippen molar-refractivity contribution in [1.82, 2.24) is 5.32 Å². The van der Waals surface area contributed by atoms with Crippen LogP contribution in [0.2, 0.25) is 0 Å². The summed E-state index contributed by atoms with van der Waals surface area (Å²) < 4.78 is 22.6. The molecule has 1 saturated heterocycles. The van der Waals surface area contributed by atoms with E-state index in [1.165, 1.54) is 7.11 Å². The summed E-state index contributed by atoms with van der Waals surface area (Å²) in [5.74, 6) is 0.353. The first-order valence-corrected chi connectivity index (χ1v) is 14.5. The van der Waals surface area contributed by atoms with Gasteiger partial charge in [-0.1, -0.05) is 36.4 Å². The van der Waals surface area contributed by atoms with Crippen molar-refractivity contribution >= 4 is 17.7 Å². The zero-order chi connectivity index (χ0) is 29.7. The van der Waals surface area contributed by atoms with Crippen molar-refractivity contribution in [2.75, 3.05) is 31.7 Å². The Morgan fingerprint density at radius 3 is 2.52 bits per heavy atom. The Kier molecular flexibility index (Phi) is 8.73. The van der Waals surface area contributed by atoms with E-state index in [1.54, 1.807) is 0 Å². The summed E-state index contributed by atoms with van der Waals surface area (Å²) in [7, 11) is 1.39. The average Bonchev–Trinajstić information content (AvgIpc) is 3.72. The molecular weight excluding hydrogens is 532 g/mol. The maximum Gasteiger partial charge on any atom is 0.407 e. The molecular formula is C34H40N2O6. The van der Waals surface area contributed by atoms with Crippen molar-refractivity contribution in [3.63, 3.8) is 0 Å². The molecule has 5 rings (SSSR count). The molecule has 222 valence electrons. The van der Waals surface area contributed by atoms with Crippen LogP contribution in [-0.4, -0.2) is 50.1 Å². The van der Waals surface area contributed by atoms with E-state index in [2.05, 4.69) is 40.5 Å². The highest BCUT2D eigenvalue weighted by Gasteiger charge is 2.47. The molecule has 1 aliphatic heterocycles. The minimum atomic E-state index is -0.552. The van der Waals surface area contributed by atoms with Gasteiger partial charge in [-0.25, -0.2) is 4.79 Å². The Hall–Kier alpha value is -4.04. The highest BCUT2D eigenvalue weighted by atomic mass is 16.6. The van der Waals surface area contributed by atoms with Gasteiger partial charge in [0.05, 0.1) is 25.7 Å². The first-order valence-electron chi connectivity index (χ1n) is 14.5. The predicted octanol–water partition coefficient (Wildman–Crippen LogP) is 6.04. The fraction of sp³-hybridized carbons (Fsp3) is 0.412. The van der Waals surface area contributed by atoms with Gasteiger partial charge < -0.3 is 29.2 Å². The molecule has 1 spiro atoms. The summed E-state index contributed by atoms with van der Waals surface area (Å²) in [6.45, 7) is 8.65. The Morgan fingerprint density at radius 2 is 1.76 bits per heavy atom. The summed E-state index contributed by atoms with van der Waals surface area (Å²) in [5, 5.41) is 2.85. The molecule has 3 aromatic carbocycles. The number of rotatable bonds is 9. The average molecular weight is 573 g/mol. The van der Waals surface area contributed by atoms with Crippen LogP contribution in [0, 0.1) is 0 Å². The number of methoxy groups -OCH3 is 1. The van der Waals surface area contributed by atoms with Gasteiger partial charge in [0.1, 0.15) is 18.0 Å². The third-order valence-electron chi connectivity index (χ3n) is 7.42. The quantitative estimate of drug-likeness (QED) is 0.313. The van der Waals surface area contributed by atoms with E-state index < -0.39 is 11.7 Å². The summed E-state index contributed by atoms with van der Waals surface area (Å²) in [5.41, 5.74) is 5.45. The molecule has 1 N–H and O–H groups in total. The Labute approximate surface area is 247 Å². The molecule has 1 amide bonds. The van der Waals surface area contributed by atoms with E-state index in [-0.39, 0.29) is 18.0 Å². The summed E-state index contributed by atoms with van der Waals surface area (Å²) in [6.07, 6.45) is 1.91. The number of hydrogen-bond donors (Lipinski definition) is 1. The fourth-order valence-corrected chi connectivity index (χ4v) is 5.14. The molecule has 8 nitrogen and oxygen atoms in total. The van der Waals surface area contributed by atoms with Gasteiger partial charge in [0, 0.05) is 30.9 Å². The maximum atomic E-state index is 12.2. The second-order valence-electron chi connectivity index (χ2n) is 12.0. The minimum Gasteiger partial charge on any atom is -0.489 e. The van der Waals surface area contributed by atoms with Crippen molar-refractivity contribution in [3.05, 3.63) is 83.4 Å². The van der Waals surface area contributed by atoms with Crippen LogP contribution in [-0.2, 0) is 38.6 Å². The fourth-order valence-electron chi connectivity index (χ4n) is 5.14. The van der Waals surface area contributed by atoms with Crippen LogP contribution in [0.15, 0.2) is 66.7 Å². The SMILES string of the molecule is COC(=O)Cc1ccccc1OCc1cc(-c2cccc(CNC(=O)OC(C)(C)C)c2)cc(N2CCOC3(CC3)C2)c1. The summed E-state index contributed by atoms with van der Waals surface area (Å²) in [6, 6.07) is 22.3. The third kappa shape index (κ3) is 7.82. The summed E-state index contributed by atoms with van der Waals surface area (Å²) >= 11 is 0. The number of nitrogens with one attached hydrogen (secondary N) is 1. The zero-order valence-corrected chi connectivity index (χ0v) is 24.9. The van der Waals surface area contributed by atoms with Gasteiger partial charge in [0.15, 0.2) is 0 Å². The van der Waals surface area contributed by atoms with Gasteiger partial charge in [0.25, 0.3) is 0 Å². The maximum absolute atomic E-state index is 12.2. The first-order chi connectivity index (χ1) is 20.1. The van der Waals surface area contributed by atoms with Crippen LogP contribution < -0.4 is 15.0 Å². The number of alkyl carbamates (subject to hydrolysis) is 1. The van der Waals surface area contributed by atoms with Crippen molar-refractivity contribution in [1.29, 1.82) is 0 Å². The van der Waals surface area contributed by atoms with Gasteiger partial charge in [-0.15, -0.1) is 0 Å². The molecule has 0 bridgehead atoms. The highest BCUT2D eigenvalue weighted by Crippen LogP contribution is 2.43. The standard InChI is InChI=1S/C34H40N2O6/c1-33(2,3)42-32(38)35-21-24-8-7-10-26(16-24)28-17-25(18-29(19-28)36-14-15-41-34(23-36)12-13-34)22-40-30-11-6-5-9-27(30)20-31(37)39-4/h5-11,16-19H,12-15,20-23H2,1-4H3,(H,35,38). The lowest BCUT2D eigenvalue weighted by Gasteiger charge is -2.35. The van der Waals surface area contributed by atoms with Gasteiger partial charge in [-0.05, 0) is 86.2 Å². The van der Waals surface area contributed by atoms with Crippen molar-refractivity contribution in [3.8, 4) is 16.9 Å². The molecule has 1 aliphatic carbocycles. The highest BCUT2D eigenvalue weighted by molar-refractivity contribution is 5.73. The molecule has 42 heavy (non-hydrogen) atoms. The largest absolute Gasteiger partial charge is 0.489 e. The van der Waals surface area contributed by atoms with Crippen LogP contribution in [0.1, 0.15) is 50.3 Å². The number of ether oxygens (including phenoxy) is 4. The van der Waals surface area contributed by atoms with E-state index in [0.717, 1.165) is 59.4 Å². The molecule has 8 heteroatoms. The van der Waals surface area contributed by atoms with Gasteiger partial charge >= 0.3 is 12.1 Å². The first kappa shape index (κ1) is 29.5. The van der Waals surface area contributed by atoms with Crippen molar-refractivity contribution < 1.29 is 28.5 Å². The number of para-hydroxylation sites is 1. The molecule has 3 aromatic rings. The number of benzene rings is 3. The van der Waals surface area contributed by atoms with Crippen LogP contribution in [0.25, 0.3) is 11.1 Å². The molecule has 2 aliphatic rings. The van der Waals surface area contributed by atoms with Crippen LogP contribution >= 0.6 is 0 Å². The van der Waals surface area contributed by atoms with E-state index in [1.807, 2.05) is 57.2 Å². The second-order valence-corrected chi connectivity index (χ2v) is 12.0. The van der Waals surface area contributed by atoms with E-state index in [0.29, 0.717) is 25.5 Å². The zero-order valence-electron chi connectivity index (χ0n) is 24.9. The van der Waals surface area contributed by atoms with Gasteiger partial charge in [-0.2, -0.15) is 0 Å².